The molecule has 33 heavy (non-hydrogen) atoms. The Bertz CT molecular complexity index is 1030. The van der Waals surface area contributed by atoms with E-state index >= 15 is 0 Å². The number of ether oxygens (including phenoxy) is 1. The lowest BCUT2D eigenvalue weighted by Gasteiger charge is -2.21. The molecule has 1 aliphatic heterocycles. The molecule has 1 saturated heterocycles. The predicted molar refractivity (Wildman–Crippen MR) is 112 cm³/mol. The van der Waals surface area contributed by atoms with Crippen LogP contribution in [0.15, 0.2) is 41.0 Å². The minimum atomic E-state index is -4.66. The fourth-order valence-corrected chi connectivity index (χ4v) is 3.27. The van der Waals surface area contributed by atoms with Crippen LogP contribution in [0.3, 0.4) is 0 Å². The third kappa shape index (κ3) is 6.50. The minimum absolute atomic E-state index is 0.0673. The number of anilines is 2. The van der Waals surface area contributed by atoms with E-state index in [9.17, 15) is 27.6 Å². The molecule has 0 radical (unpaired) electrons. The van der Waals surface area contributed by atoms with E-state index in [0.29, 0.717) is 5.76 Å². The number of benzene rings is 1. The molecule has 1 aromatic carbocycles. The summed E-state index contributed by atoms with van der Waals surface area (Å²) in [5, 5.41) is 4.78. The van der Waals surface area contributed by atoms with E-state index in [1.807, 2.05) is 0 Å². The number of carbonyl (C=O) groups is 3. The fourth-order valence-electron chi connectivity index (χ4n) is 3.27. The van der Waals surface area contributed by atoms with Crippen molar-refractivity contribution < 1.29 is 36.7 Å². The van der Waals surface area contributed by atoms with Crippen molar-refractivity contribution in [2.75, 3.05) is 17.2 Å². The van der Waals surface area contributed by atoms with Crippen LogP contribution in [-0.2, 0) is 27.0 Å². The van der Waals surface area contributed by atoms with E-state index in [4.69, 9.17) is 9.15 Å². The van der Waals surface area contributed by atoms with Crippen molar-refractivity contribution in [1.82, 2.24) is 4.90 Å². The van der Waals surface area contributed by atoms with Gasteiger partial charge in [0.25, 0.3) is 0 Å². The molecule has 1 atom stereocenters. The summed E-state index contributed by atoms with van der Waals surface area (Å²) in [4.78, 5) is 38.6. The van der Waals surface area contributed by atoms with Crippen LogP contribution >= 0.6 is 0 Å². The maximum atomic E-state index is 13.2. The Kier molecular flexibility index (Phi) is 6.71. The van der Waals surface area contributed by atoms with Crippen molar-refractivity contribution in [2.45, 2.75) is 45.5 Å². The summed E-state index contributed by atoms with van der Waals surface area (Å²) >= 11 is 0. The van der Waals surface area contributed by atoms with Crippen molar-refractivity contribution in [2.24, 2.45) is 5.92 Å². The van der Waals surface area contributed by atoms with Gasteiger partial charge in [0.05, 0.1) is 35.7 Å². The van der Waals surface area contributed by atoms with Crippen molar-refractivity contribution in [3.63, 3.8) is 0 Å². The van der Waals surface area contributed by atoms with E-state index in [0.717, 1.165) is 18.2 Å². The van der Waals surface area contributed by atoms with Gasteiger partial charge in [0.2, 0.25) is 11.8 Å². The van der Waals surface area contributed by atoms with E-state index < -0.39 is 35.3 Å². The summed E-state index contributed by atoms with van der Waals surface area (Å²) in [6.45, 7) is 5.17. The van der Waals surface area contributed by atoms with Gasteiger partial charge in [-0.15, -0.1) is 0 Å². The molecular formula is C22H24F3N3O5. The second-order valence-electron chi connectivity index (χ2n) is 8.63. The van der Waals surface area contributed by atoms with Gasteiger partial charge in [-0.05, 0) is 51.1 Å². The lowest BCUT2D eigenvalue weighted by molar-refractivity contribution is -0.137. The molecule has 1 fully saturated rings. The highest BCUT2D eigenvalue weighted by Crippen LogP contribution is 2.35. The van der Waals surface area contributed by atoms with Gasteiger partial charge < -0.3 is 19.4 Å². The molecule has 2 aromatic rings. The number of likely N-dealkylation sites (tertiary alicyclic amines) is 1. The molecular weight excluding hydrogens is 443 g/mol. The van der Waals surface area contributed by atoms with Gasteiger partial charge in [0.15, 0.2) is 0 Å². The average Bonchev–Trinajstić information content (AvgIpc) is 3.31. The van der Waals surface area contributed by atoms with E-state index in [-0.39, 0.29) is 36.8 Å². The normalized spacial score (nSPS) is 16.6. The molecule has 3 rings (SSSR count). The first-order valence-electron chi connectivity index (χ1n) is 10.1. The van der Waals surface area contributed by atoms with Crippen LogP contribution in [0, 0.1) is 5.92 Å². The molecule has 1 aromatic heterocycles. The highest BCUT2D eigenvalue weighted by atomic mass is 19.4. The summed E-state index contributed by atoms with van der Waals surface area (Å²) in [5.41, 5.74) is -2.16. The number of amides is 3. The highest BCUT2D eigenvalue weighted by molar-refractivity contribution is 6.01. The van der Waals surface area contributed by atoms with Crippen molar-refractivity contribution >= 4 is 29.3 Å². The first kappa shape index (κ1) is 24.1. The molecule has 3 amide bonds. The van der Waals surface area contributed by atoms with Crippen molar-refractivity contribution in [3.8, 4) is 0 Å². The monoisotopic (exact) mass is 467 g/mol. The molecule has 0 aliphatic carbocycles. The molecule has 1 aliphatic rings. The topological polar surface area (TPSA) is 101 Å². The lowest BCUT2D eigenvalue weighted by atomic mass is 10.1. The predicted octanol–water partition coefficient (Wildman–Crippen LogP) is 4.63. The molecule has 0 bridgehead atoms. The van der Waals surface area contributed by atoms with Crippen LogP contribution in [0.5, 0.6) is 0 Å². The Hall–Kier alpha value is -3.50. The van der Waals surface area contributed by atoms with Crippen LogP contribution in [0.4, 0.5) is 29.3 Å². The number of halogens is 3. The first-order chi connectivity index (χ1) is 15.3. The molecule has 11 heteroatoms. The molecule has 2 heterocycles. The number of carbonyl (C=O) groups excluding carboxylic acids is 3. The number of nitrogens with one attached hydrogen (secondary N) is 2. The third-order valence-corrected chi connectivity index (χ3v) is 4.75. The second-order valence-corrected chi connectivity index (χ2v) is 8.63. The summed E-state index contributed by atoms with van der Waals surface area (Å²) in [6, 6.07) is 5.91. The van der Waals surface area contributed by atoms with Crippen molar-refractivity contribution in [3.05, 3.63) is 47.9 Å². The van der Waals surface area contributed by atoms with Gasteiger partial charge >= 0.3 is 12.3 Å². The molecule has 0 spiro atoms. The number of hydrogen-bond acceptors (Lipinski definition) is 5. The first-order valence-corrected chi connectivity index (χ1v) is 10.1. The maximum absolute atomic E-state index is 13.2. The SMILES string of the molecule is CC(C)(C)OC(=O)Nc1ccc(C(F)(F)F)cc1NC(=O)C1CC(=O)N(Cc2ccco2)C1. The zero-order chi connectivity index (χ0) is 24.4. The lowest BCUT2D eigenvalue weighted by Crippen LogP contribution is -2.29. The average molecular weight is 467 g/mol. The standard InChI is InChI=1S/C22H24F3N3O5/c1-21(2,3)33-20(31)27-16-7-6-14(22(23,24)25)10-17(16)26-19(30)13-9-18(29)28(11-13)12-15-5-4-8-32-15/h4-8,10,13H,9,11-12H2,1-3H3,(H,26,30)(H,27,31). The Morgan fingerprint density at radius 3 is 2.48 bits per heavy atom. The van der Waals surface area contributed by atoms with E-state index in [1.165, 1.54) is 11.2 Å². The Morgan fingerprint density at radius 2 is 1.88 bits per heavy atom. The second kappa shape index (κ2) is 9.16. The maximum Gasteiger partial charge on any atom is 0.416 e. The van der Waals surface area contributed by atoms with E-state index in [1.54, 1.807) is 32.9 Å². The molecule has 0 saturated carbocycles. The van der Waals surface area contributed by atoms with Gasteiger partial charge in [-0.3, -0.25) is 14.9 Å². The summed E-state index contributed by atoms with van der Waals surface area (Å²) in [7, 11) is 0. The van der Waals surface area contributed by atoms with Crippen LogP contribution in [-0.4, -0.2) is 35.0 Å². The molecule has 178 valence electrons. The number of furan rings is 1. The largest absolute Gasteiger partial charge is 0.467 e. The number of rotatable bonds is 5. The number of hydrogen-bond donors (Lipinski definition) is 2. The van der Waals surface area contributed by atoms with Gasteiger partial charge in [0, 0.05) is 13.0 Å². The Morgan fingerprint density at radius 1 is 1.15 bits per heavy atom. The molecule has 1 unspecified atom stereocenters. The minimum Gasteiger partial charge on any atom is -0.467 e. The van der Waals surface area contributed by atoms with Gasteiger partial charge in [-0.1, -0.05) is 0 Å². The van der Waals surface area contributed by atoms with Crippen LogP contribution in [0.2, 0.25) is 0 Å². The smallest absolute Gasteiger partial charge is 0.416 e. The van der Waals surface area contributed by atoms with Crippen LogP contribution in [0.25, 0.3) is 0 Å². The fraction of sp³-hybridized carbons (Fsp3) is 0.409. The quantitative estimate of drug-likeness (QED) is 0.668. The third-order valence-electron chi connectivity index (χ3n) is 4.75. The number of alkyl halides is 3. The van der Waals surface area contributed by atoms with E-state index in [2.05, 4.69) is 10.6 Å². The van der Waals surface area contributed by atoms with Gasteiger partial charge in [-0.2, -0.15) is 13.2 Å². The van der Waals surface area contributed by atoms with Gasteiger partial charge in [0.1, 0.15) is 11.4 Å². The summed E-state index contributed by atoms with van der Waals surface area (Å²) in [6.07, 6.45) is -4.18. The van der Waals surface area contributed by atoms with Gasteiger partial charge in [-0.25, -0.2) is 4.79 Å². The Balaban J connectivity index is 1.76. The highest BCUT2D eigenvalue weighted by Gasteiger charge is 2.36. The molecule has 2 N–H and O–H groups in total. The zero-order valence-corrected chi connectivity index (χ0v) is 18.3. The molecule has 8 nitrogen and oxygen atoms in total. The van der Waals surface area contributed by atoms with Crippen LogP contribution < -0.4 is 10.6 Å². The number of nitrogens with zero attached hydrogens (tertiary/aromatic N) is 1. The van der Waals surface area contributed by atoms with Crippen LogP contribution in [0.1, 0.15) is 38.5 Å². The van der Waals surface area contributed by atoms with Crippen molar-refractivity contribution in [1.29, 1.82) is 0 Å². The Labute approximate surface area is 188 Å². The summed E-state index contributed by atoms with van der Waals surface area (Å²) in [5.74, 6) is -1.15. The summed E-state index contributed by atoms with van der Waals surface area (Å²) < 4.78 is 50.0. The zero-order valence-electron chi connectivity index (χ0n) is 18.3.